The summed E-state index contributed by atoms with van der Waals surface area (Å²) in [5.74, 6) is 1.77. The molecule has 7 nitrogen and oxygen atoms in total. The van der Waals surface area contributed by atoms with Crippen molar-refractivity contribution in [2.24, 2.45) is 11.3 Å². The molecule has 0 unspecified atom stereocenters. The first kappa shape index (κ1) is 21.5. The third-order valence-corrected chi connectivity index (χ3v) is 7.41. The average Bonchev–Trinajstić information content (AvgIpc) is 3.52. The van der Waals surface area contributed by atoms with E-state index in [0.717, 1.165) is 37.6 Å². The van der Waals surface area contributed by atoms with Crippen molar-refractivity contribution in [3.05, 3.63) is 17.7 Å². The van der Waals surface area contributed by atoms with E-state index in [-0.39, 0.29) is 11.9 Å². The minimum Gasteiger partial charge on any atom is -0.456 e. The van der Waals surface area contributed by atoms with Gasteiger partial charge in [0.25, 0.3) is 0 Å². The Bertz CT molecular complexity index is 885. The van der Waals surface area contributed by atoms with Gasteiger partial charge in [-0.25, -0.2) is 9.78 Å². The number of nitrogens with zero attached hydrogens (tertiary/aromatic N) is 3. The fourth-order valence-corrected chi connectivity index (χ4v) is 5.33. The summed E-state index contributed by atoms with van der Waals surface area (Å²) in [5, 5.41) is 3.58. The lowest BCUT2D eigenvalue weighted by Crippen LogP contribution is -2.50. The minimum atomic E-state index is -0.548. The van der Waals surface area contributed by atoms with Gasteiger partial charge in [-0.1, -0.05) is 6.42 Å². The molecule has 1 amide bonds. The van der Waals surface area contributed by atoms with E-state index in [0.29, 0.717) is 36.0 Å². The number of hydrogen-bond donors (Lipinski definition) is 1. The highest BCUT2D eigenvalue weighted by Crippen LogP contribution is 2.56. The molecule has 2 heterocycles. The molecule has 1 aromatic rings. The third-order valence-electron chi connectivity index (χ3n) is 7.41. The van der Waals surface area contributed by atoms with Gasteiger partial charge in [0.15, 0.2) is 0 Å². The van der Waals surface area contributed by atoms with Crippen molar-refractivity contribution >= 4 is 23.5 Å². The van der Waals surface area contributed by atoms with Gasteiger partial charge in [0.1, 0.15) is 17.2 Å². The zero-order chi connectivity index (χ0) is 22.5. The fourth-order valence-electron chi connectivity index (χ4n) is 5.33. The Hall–Kier alpha value is -2.31. The molecule has 174 valence electrons. The first-order valence-electron chi connectivity index (χ1n) is 12.3. The second kappa shape index (κ2) is 7.92. The molecule has 1 spiro atoms. The molecular weight excluding hydrogens is 404 g/mol. The zero-order valence-corrected chi connectivity index (χ0v) is 19.7. The van der Waals surface area contributed by atoms with Gasteiger partial charge in [-0.3, -0.25) is 4.79 Å². The molecular formula is C25H36N4O3. The van der Waals surface area contributed by atoms with Gasteiger partial charge >= 0.3 is 5.97 Å². The summed E-state index contributed by atoms with van der Waals surface area (Å²) < 4.78 is 5.64. The van der Waals surface area contributed by atoms with Crippen molar-refractivity contribution in [1.29, 1.82) is 0 Å². The quantitative estimate of drug-likeness (QED) is 0.701. The number of rotatable bonds is 5. The van der Waals surface area contributed by atoms with E-state index in [2.05, 4.69) is 10.2 Å². The van der Waals surface area contributed by atoms with Crippen LogP contribution < -0.4 is 10.2 Å². The third kappa shape index (κ3) is 4.57. The first-order chi connectivity index (χ1) is 15.2. The van der Waals surface area contributed by atoms with Crippen LogP contribution in [0.15, 0.2) is 12.1 Å². The highest BCUT2D eigenvalue weighted by Gasteiger charge is 2.48. The summed E-state index contributed by atoms with van der Waals surface area (Å²) in [6.07, 6.45) is 8.53. The van der Waals surface area contributed by atoms with Crippen LogP contribution in [-0.2, 0) is 9.53 Å². The highest BCUT2D eigenvalue weighted by molar-refractivity contribution is 5.91. The molecule has 1 aliphatic heterocycles. The topological polar surface area (TPSA) is 74.8 Å². The number of amides is 1. The molecule has 3 aliphatic carbocycles. The molecule has 0 radical (unpaired) electrons. The molecule has 0 aromatic carbocycles. The number of nitrogens with one attached hydrogen (secondary N) is 1. The van der Waals surface area contributed by atoms with E-state index in [1.807, 2.05) is 37.8 Å². The van der Waals surface area contributed by atoms with Crippen molar-refractivity contribution in [3.63, 3.8) is 0 Å². The second-order valence-corrected chi connectivity index (χ2v) is 11.3. The maximum absolute atomic E-state index is 12.8. The Kier molecular flexibility index (Phi) is 5.33. The smallest absolute Gasteiger partial charge is 0.338 e. The second-order valence-electron chi connectivity index (χ2n) is 11.3. The van der Waals surface area contributed by atoms with Gasteiger partial charge in [0.2, 0.25) is 5.91 Å². The van der Waals surface area contributed by atoms with E-state index in [1.165, 1.54) is 32.1 Å². The van der Waals surface area contributed by atoms with Gasteiger partial charge < -0.3 is 19.9 Å². The number of carbonyl (C=O) groups is 2. The lowest BCUT2D eigenvalue weighted by molar-refractivity contribution is -0.132. The van der Waals surface area contributed by atoms with Crippen LogP contribution in [0.25, 0.3) is 0 Å². The Balaban J connectivity index is 1.30. The molecule has 32 heavy (non-hydrogen) atoms. The highest BCUT2D eigenvalue weighted by atomic mass is 16.6. The van der Waals surface area contributed by atoms with Crippen LogP contribution in [0, 0.1) is 11.3 Å². The number of hydrogen-bond acceptors (Lipinski definition) is 6. The molecule has 7 heteroatoms. The molecule has 0 bridgehead atoms. The van der Waals surface area contributed by atoms with Crippen LogP contribution in [0.4, 0.5) is 11.6 Å². The fraction of sp³-hybridized carbons (Fsp3) is 0.720. The standard InChI is InChI=1S/C25H36N4O3/c1-24(2,3)32-23(31)18-13-20(26-19-15-25(16-19)7-4-8-25)27-21(14-18)28-9-11-29(12-10-28)22(30)17-5-6-17/h13-14,17,19H,4-12,15-16H2,1-3H3,(H,26,27). The maximum Gasteiger partial charge on any atom is 0.338 e. The van der Waals surface area contributed by atoms with Gasteiger partial charge in [-0.05, 0) is 76.8 Å². The van der Waals surface area contributed by atoms with E-state index < -0.39 is 5.60 Å². The van der Waals surface area contributed by atoms with E-state index in [4.69, 9.17) is 9.72 Å². The van der Waals surface area contributed by atoms with Crippen LogP contribution in [0.5, 0.6) is 0 Å². The van der Waals surface area contributed by atoms with Crippen LogP contribution >= 0.6 is 0 Å². The van der Waals surface area contributed by atoms with Crippen molar-refractivity contribution in [2.45, 2.75) is 77.4 Å². The molecule has 5 rings (SSSR count). The van der Waals surface area contributed by atoms with Crippen molar-refractivity contribution in [1.82, 2.24) is 9.88 Å². The Labute approximate surface area is 190 Å². The number of ether oxygens (including phenoxy) is 1. The van der Waals surface area contributed by atoms with Crippen LogP contribution in [0.1, 0.15) is 76.1 Å². The lowest BCUT2D eigenvalue weighted by Gasteiger charge is -2.54. The molecule has 1 saturated heterocycles. The van der Waals surface area contributed by atoms with Gasteiger partial charge in [-0.2, -0.15) is 0 Å². The van der Waals surface area contributed by atoms with Gasteiger partial charge in [0, 0.05) is 38.1 Å². The number of pyridine rings is 1. The summed E-state index contributed by atoms with van der Waals surface area (Å²) in [5.41, 5.74) is 0.558. The number of esters is 1. The molecule has 1 aromatic heterocycles. The summed E-state index contributed by atoms with van der Waals surface area (Å²) in [6, 6.07) is 4.10. The largest absolute Gasteiger partial charge is 0.456 e. The first-order valence-corrected chi connectivity index (χ1v) is 12.3. The molecule has 4 fully saturated rings. The van der Waals surface area contributed by atoms with Crippen LogP contribution in [0.2, 0.25) is 0 Å². The average molecular weight is 441 g/mol. The van der Waals surface area contributed by atoms with E-state index in [1.54, 1.807) is 0 Å². The number of anilines is 2. The van der Waals surface area contributed by atoms with Crippen LogP contribution in [-0.4, -0.2) is 59.6 Å². The molecule has 3 saturated carbocycles. The van der Waals surface area contributed by atoms with Crippen molar-refractivity contribution in [3.8, 4) is 0 Å². The monoisotopic (exact) mass is 440 g/mol. The van der Waals surface area contributed by atoms with Crippen molar-refractivity contribution < 1.29 is 14.3 Å². The zero-order valence-electron chi connectivity index (χ0n) is 19.7. The summed E-state index contributed by atoms with van der Waals surface area (Å²) in [6.45, 7) is 8.53. The van der Waals surface area contributed by atoms with Crippen LogP contribution in [0.3, 0.4) is 0 Å². The summed E-state index contributed by atoms with van der Waals surface area (Å²) in [7, 11) is 0. The predicted octanol–water partition coefficient (Wildman–Crippen LogP) is 3.84. The summed E-state index contributed by atoms with van der Waals surface area (Å²) in [4.78, 5) is 34.3. The Morgan fingerprint density at radius 2 is 1.78 bits per heavy atom. The minimum absolute atomic E-state index is 0.257. The van der Waals surface area contributed by atoms with Gasteiger partial charge in [-0.15, -0.1) is 0 Å². The normalized spacial score (nSPS) is 22.8. The number of aromatic nitrogens is 1. The Morgan fingerprint density at radius 3 is 2.34 bits per heavy atom. The van der Waals surface area contributed by atoms with Crippen molar-refractivity contribution in [2.75, 3.05) is 36.4 Å². The van der Waals surface area contributed by atoms with E-state index >= 15 is 0 Å². The van der Waals surface area contributed by atoms with E-state index in [9.17, 15) is 9.59 Å². The Morgan fingerprint density at radius 1 is 1.09 bits per heavy atom. The maximum atomic E-state index is 12.8. The summed E-state index contributed by atoms with van der Waals surface area (Å²) >= 11 is 0. The lowest BCUT2D eigenvalue weighted by atomic mass is 9.54. The van der Waals surface area contributed by atoms with Gasteiger partial charge in [0.05, 0.1) is 5.56 Å². The molecule has 0 atom stereocenters. The number of carbonyl (C=O) groups excluding carboxylic acids is 2. The molecule has 1 N–H and O–H groups in total. The predicted molar refractivity (Wildman–Crippen MR) is 124 cm³/mol. The molecule has 4 aliphatic rings. The number of piperazine rings is 1. The SMILES string of the molecule is CC(C)(C)OC(=O)c1cc(NC2CC3(CCC3)C2)nc(N2CCN(C(=O)C3CC3)CC2)c1.